The minimum Gasteiger partial charge on any atom is -0.481 e. The van der Waals surface area contributed by atoms with E-state index >= 15 is 0 Å². The first-order valence-corrected chi connectivity index (χ1v) is 6.83. The predicted octanol–water partition coefficient (Wildman–Crippen LogP) is 0.0469. The molecule has 7 heteroatoms. The summed E-state index contributed by atoms with van der Waals surface area (Å²) in [6.45, 7) is 1.40. The molecular weight excluding hydrogens is 266 g/mol. The summed E-state index contributed by atoms with van der Waals surface area (Å²) in [6.07, 6.45) is 1.49. The van der Waals surface area contributed by atoms with Crippen LogP contribution in [0, 0.1) is 17.8 Å². The van der Waals surface area contributed by atoms with Gasteiger partial charge in [0, 0.05) is 32.2 Å². The molecule has 0 bridgehead atoms. The van der Waals surface area contributed by atoms with Crippen molar-refractivity contribution in [1.82, 2.24) is 4.90 Å². The van der Waals surface area contributed by atoms with E-state index in [4.69, 9.17) is 14.9 Å². The summed E-state index contributed by atoms with van der Waals surface area (Å²) in [6, 6.07) is 0. The standard InChI is InChI=1S/C13H19NO6/c15-11(8-2-5-20-6-3-8)14-4-1-9(12(16)17)10(7-14)13(18)19/h8-10H,1-7H2,(H,16,17)(H,18,19). The van der Waals surface area contributed by atoms with Crippen LogP contribution in [0.25, 0.3) is 0 Å². The van der Waals surface area contributed by atoms with Gasteiger partial charge in [-0.3, -0.25) is 14.4 Å². The van der Waals surface area contributed by atoms with Crippen LogP contribution in [0.15, 0.2) is 0 Å². The van der Waals surface area contributed by atoms with Gasteiger partial charge in [0.25, 0.3) is 0 Å². The molecule has 0 radical (unpaired) electrons. The van der Waals surface area contributed by atoms with E-state index < -0.39 is 23.8 Å². The lowest BCUT2D eigenvalue weighted by atomic mass is 9.84. The smallest absolute Gasteiger partial charge is 0.309 e. The van der Waals surface area contributed by atoms with Gasteiger partial charge in [0.2, 0.25) is 5.91 Å². The van der Waals surface area contributed by atoms with Crippen molar-refractivity contribution in [3.63, 3.8) is 0 Å². The molecule has 2 heterocycles. The molecule has 2 fully saturated rings. The van der Waals surface area contributed by atoms with E-state index in [1.54, 1.807) is 0 Å². The molecule has 20 heavy (non-hydrogen) atoms. The lowest BCUT2D eigenvalue weighted by Gasteiger charge is -2.37. The molecule has 2 saturated heterocycles. The molecule has 0 aromatic rings. The highest BCUT2D eigenvalue weighted by atomic mass is 16.5. The lowest BCUT2D eigenvalue weighted by molar-refractivity contribution is -0.160. The van der Waals surface area contributed by atoms with E-state index in [0.29, 0.717) is 32.6 Å². The van der Waals surface area contributed by atoms with Gasteiger partial charge in [-0.15, -0.1) is 0 Å². The Balaban J connectivity index is 2.02. The van der Waals surface area contributed by atoms with Crippen LogP contribution in [0.3, 0.4) is 0 Å². The molecule has 2 aliphatic heterocycles. The summed E-state index contributed by atoms with van der Waals surface area (Å²) in [4.78, 5) is 36.1. The molecule has 0 saturated carbocycles. The van der Waals surface area contributed by atoms with Gasteiger partial charge >= 0.3 is 11.9 Å². The van der Waals surface area contributed by atoms with Crippen LogP contribution in [0.1, 0.15) is 19.3 Å². The van der Waals surface area contributed by atoms with Crippen molar-refractivity contribution in [3.05, 3.63) is 0 Å². The van der Waals surface area contributed by atoms with Gasteiger partial charge in [-0.05, 0) is 19.3 Å². The highest BCUT2D eigenvalue weighted by molar-refractivity contribution is 5.83. The fourth-order valence-electron chi connectivity index (χ4n) is 2.90. The topological polar surface area (TPSA) is 104 Å². The zero-order chi connectivity index (χ0) is 14.7. The van der Waals surface area contributed by atoms with Crippen LogP contribution in [0.5, 0.6) is 0 Å². The molecule has 7 nitrogen and oxygen atoms in total. The number of likely N-dealkylation sites (tertiary alicyclic amines) is 1. The largest absolute Gasteiger partial charge is 0.481 e. The maximum Gasteiger partial charge on any atom is 0.309 e. The number of amides is 1. The number of carboxylic acid groups (broad SMARTS) is 2. The van der Waals surface area contributed by atoms with Crippen LogP contribution in [0.2, 0.25) is 0 Å². The Morgan fingerprint density at radius 1 is 0.950 bits per heavy atom. The second-order valence-corrected chi connectivity index (χ2v) is 5.35. The average molecular weight is 285 g/mol. The number of hydrogen-bond donors (Lipinski definition) is 2. The Morgan fingerprint density at radius 3 is 2.10 bits per heavy atom. The third-order valence-electron chi connectivity index (χ3n) is 4.13. The Bertz CT molecular complexity index is 404. The molecule has 0 aromatic heterocycles. The van der Waals surface area contributed by atoms with Crippen LogP contribution in [-0.4, -0.2) is 59.3 Å². The molecule has 2 rings (SSSR count). The van der Waals surface area contributed by atoms with E-state index in [1.807, 2.05) is 0 Å². The van der Waals surface area contributed by atoms with Gasteiger partial charge in [-0.1, -0.05) is 0 Å². The van der Waals surface area contributed by atoms with E-state index in [2.05, 4.69) is 0 Å². The summed E-state index contributed by atoms with van der Waals surface area (Å²) in [5.41, 5.74) is 0. The van der Waals surface area contributed by atoms with Crippen LogP contribution < -0.4 is 0 Å². The first-order valence-electron chi connectivity index (χ1n) is 6.83. The minimum atomic E-state index is -1.15. The third-order valence-corrected chi connectivity index (χ3v) is 4.13. The molecule has 0 spiro atoms. The molecule has 2 aliphatic rings. The molecule has 2 unspecified atom stereocenters. The quantitative estimate of drug-likeness (QED) is 0.759. The summed E-state index contributed by atoms with van der Waals surface area (Å²) >= 11 is 0. The van der Waals surface area contributed by atoms with Crippen molar-refractivity contribution < 1.29 is 29.3 Å². The third kappa shape index (κ3) is 3.09. The van der Waals surface area contributed by atoms with Crippen LogP contribution >= 0.6 is 0 Å². The van der Waals surface area contributed by atoms with E-state index in [1.165, 1.54) is 4.90 Å². The van der Waals surface area contributed by atoms with Crippen LogP contribution in [0.4, 0.5) is 0 Å². The van der Waals surface area contributed by atoms with Crippen LogP contribution in [-0.2, 0) is 19.1 Å². The van der Waals surface area contributed by atoms with Crippen molar-refractivity contribution in [3.8, 4) is 0 Å². The van der Waals surface area contributed by atoms with Gasteiger partial charge in [-0.25, -0.2) is 0 Å². The molecular formula is C13H19NO6. The Kier molecular flexibility index (Phi) is 4.59. The summed E-state index contributed by atoms with van der Waals surface area (Å²) < 4.78 is 5.20. The zero-order valence-corrected chi connectivity index (χ0v) is 11.2. The Labute approximate surface area is 116 Å². The van der Waals surface area contributed by atoms with Gasteiger partial charge in [0.15, 0.2) is 0 Å². The van der Waals surface area contributed by atoms with E-state index in [0.717, 1.165) is 0 Å². The second kappa shape index (κ2) is 6.21. The first-order chi connectivity index (χ1) is 9.50. The summed E-state index contributed by atoms with van der Waals surface area (Å²) in [7, 11) is 0. The lowest BCUT2D eigenvalue weighted by Crippen LogP contribution is -2.50. The fourth-order valence-corrected chi connectivity index (χ4v) is 2.90. The fraction of sp³-hybridized carbons (Fsp3) is 0.769. The van der Waals surface area contributed by atoms with E-state index in [-0.39, 0.29) is 24.8 Å². The molecule has 2 atom stereocenters. The van der Waals surface area contributed by atoms with Gasteiger partial charge in [0.05, 0.1) is 11.8 Å². The number of nitrogens with zero attached hydrogens (tertiary/aromatic N) is 1. The number of carboxylic acids is 2. The molecule has 112 valence electrons. The average Bonchev–Trinajstić information content (AvgIpc) is 2.46. The van der Waals surface area contributed by atoms with Crippen molar-refractivity contribution in [1.29, 1.82) is 0 Å². The maximum atomic E-state index is 12.3. The Hall–Kier alpha value is -1.63. The maximum absolute atomic E-state index is 12.3. The van der Waals surface area contributed by atoms with Crippen molar-refractivity contribution in [2.24, 2.45) is 17.8 Å². The number of piperidine rings is 1. The van der Waals surface area contributed by atoms with Gasteiger partial charge in [-0.2, -0.15) is 0 Å². The number of ether oxygens (including phenoxy) is 1. The summed E-state index contributed by atoms with van der Waals surface area (Å²) in [5.74, 6) is -4.38. The molecule has 2 N–H and O–H groups in total. The molecule has 1 amide bonds. The van der Waals surface area contributed by atoms with Gasteiger partial charge in [0.1, 0.15) is 0 Å². The molecule has 0 aromatic carbocycles. The second-order valence-electron chi connectivity index (χ2n) is 5.35. The van der Waals surface area contributed by atoms with Crippen molar-refractivity contribution >= 4 is 17.8 Å². The first kappa shape index (κ1) is 14.8. The Morgan fingerprint density at radius 2 is 1.55 bits per heavy atom. The highest BCUT2D eigenvalue weighted by Gasteiger charge is 2.41. The monoisotopic (exact) mass is 285 g/mol. The number of hydrogen-bond acceptors (Lipinski definition) is 4. The number of carbonyl (C=O) groups is 3. The highest BCUT2D eigenvalue weighted by Crippen LogP contribution is 2.27. The number of rotatable bonds is 3. The number of carbonyl (C=O) groups excluding carboxylic acids is 1. The predicted molar refractivity (Wildman–Crippen MR) is 67.0 cm³/mol. The van der Waals surface area contributed by atoms with Crippen molar-refractivity contribution in [2.75, 3.05) is 26.3 Å². The summed E-state index contributed by atoms with van der Waals surface area (Å²) in [5, 5.41) is 18.2. The molecule has 0 aliphatic carbocycles. The number of aliphatic carboxylic acids is 2. The van der Waals surface area contributed by atoms with Gasteiger partial charge < -0.3 is 19.8 Å². The normalized spacial score (nSPS) is 28.1. The zero-order valence-electron chi connectivity index (χ0n) is 11.2. The SMILES string of the molecule is O=C(O)C1CCN(C(=O)C2CCOCC2)CC1C(=O)O. The van der Waals surface area contributed by atoms with E-state index in [9.17, 15) is 14.4 Å². The van der Waals surface area contributed by atoms with Crippen molar-refractivity contribution in [2.45, 2.75) is 19.3 Å². The minimum absolute atomic E-state index is 0.0114.